The lowest BCUT2D eigenvalue weighted by Crippen LogP contribution is -2.46. The molecular formula is C17H18F3N3OS. The molecule has 0 bridgehead atoms. The zero-order chi connectivity index (χ0) is 17.9. The van der Waals surface area contributed by atoms with Crippen LogP contribution in [0.3, 0.4) is 0 Å². The van der Waals surface area contributed by atoms with E-state index >= 15 is 0 Å². The summed E-state index contributed by atoms with van der Waals surface area (Å²) in [4.78, 5) is 16.4. The number of hydrogen-bond acceptors (Lipinski definition) is 4. The first-order chi connectivity index (χ1) is 11.9. The van der Waals surface area contributed by atoms with Gasteiger partial charge in [0.15, 0.2) is 0 Å². The number of thiazole rings is 1. The van der Waals surface area contributed by atoms with Gasteiger partial charge in [0.25, 0.3) is 0 Å². The average molecular weight is 369 g/mol. The summed E-state index contributed by atoms with van der Waals surface area (Å²) in [7, 11) is 0. The number of aromatic nitrogens is 1. The molecule has 0 unspecified atom stereocenters. The molecule has 1 saturated heterocycles. The molecule has 2 N–H and O–H groups in total. The van der Waals surface area contributed by atoms with Gasteiger partial charge in [-0.05, 0) is 31.5 Å². The number of benzene rings is 1. The molecule has 3 rings (SSSR count). The molecule has 25 heavy (non-hydrogen) atoms. The van der Waals surface area contributed by atoms with E-state index in [1.54, 1.807) is 11.4 Å². The highest BCUT2D eigenvalue weighted by molar-refractivity contribution is 7.13. The van der Waals surface area contributed by atoms with Crippen LogP contribution in [-0.4, -0.2) is 30.0 Å². The van der Waals surface area contributed by atoms with Crippen molar-refractivity contribution in [3.8, 4) is 10.6 Å². The third-order valence-electron chi connectivity index (χ3n) is 3.99. The van der Waals surface area contributed by atoms with E-state index in [1.165, 1.54) is 17.4 Å². The van der Waals surface area contributed by atoms with Crippen molar-refractivity contribution in [2.24, 2.45) is 0 Å². The molecular weight excluding hydrogens is 351 g/mol. The van der Waals surface area contributed by atoms with E-state index in [-0.39, 0.29) is 18.4 Å². The van der Waals surface area contributed by atoms with E-state index in [0.29, 0.717) is 16.3 Å². The number of piperidine rings is 1. The van der Waals surface area contributed by atoms with Gasteiger partial charge >= 0.3 is 6.18 Å². The molecule has 0 saturated carbocycles. The number of hydrogen-bond donors (Lipinski definition) is 2. The van der Waals surface area contributed by atoms with E-state index in [2.05, 4.69) is 15.6 Å². The van der Waals surface area contributed by atoms with Crippen molar-refractivity contribution in [1.82, 2.24) is 15.6 Å². The lowest BCUT2D eigenvalue weighted by Gasteiger charge is -2.23. The topological polar surface area (TPSA) is 54.0 Å². The van der Waals surface area contributed by atoms with Gasteiger partial charge in [0, 0.05) is 23.5 Å². The normalized spacial score (nSPS) is 18.1. The molecule has 134 valence electrons. The monoisotopic (exact) mass is 369 g/mol. The third-order valence-corrected chi connectivity index (χ3v) is 4.93. The van der Waals surface area contributed by atoms with Crippen molar-refractivity contribution >= 4 is 17.2 Å². The summed E-state index contributed by atoms with van der Waals surface area (Å²) >= 11 is 1.24. The minimum atomic E-state index is -4.38. The van der Waals surface area contributed by atoms with E-state index < -0.39 is 11.7 Å². The van der Waals surface area contributed by atoms with Crippen molar-refractivity contribution in [1.29, 1.82) is 0 Å². The maximum atomic E-state index is 12.8. The Bertz CT molecular complexity index is 739. The van der Waals surface area contributed by atoms with E-state index in [1.807, 2.05) is 0 Å². The molecule has 1 atom stereocenters. The molecule has 8 heteroatoms. The van der Waals surface area contributed by atoms with Crippen LogP contribution < -0.4 is 10.6 Å². The zero-order valence-electron chi connectivity index (χ0n) is 13.4. The largest absolute Gasteiger partial charge is 0.416 e. The summed E-state index contributed by atoms with van der Waals surface area (Å²) in [6, 6.07) is 5.19. The summed E-state index contributed by atoms with van der Waals surface area (Å²) < 4.78 is 38.4. The second-order valence-corrected chi connectivity index (χ2v) is 6.87. The Balaban J connectivity index is 1.65. The summed E-state index contributed by atoms with van der Waals surface area (Å²) in [5.41, 5.74) is 0.269. The Morgan fingerprint density at radius 1 is 1.40 bits per heavy atom. The van der Waals surface area contributed by atoms with Crippen LogP contribution >= 0.6 is 11.3 Å². The second-order valence-electron chi connectivity index (χ2n) is 6.01. The van der Waals surface area contributed by atoms with Crippen molar-refractivity contribution in [3.05, 3.63) is 40.9 Å². The highest BCUT2D eigenvalue weighted by Crippen LogP contribution is 2.33. The molecule has 1 aromatic carbocycles. The van der Waals surface area contributed by atoms with Crippen LogP contribution in [-0.2, 0) is 17.4 Å². The molecule has 0 radical (unpaired) electrons. The number of halogens is 3. The molecule has 1 amide bonds. The van der Waals surface area contributed by atoms with Gasteiger partial charge in [0.05, 0.1) is 17.7 Å². The molecule has 1 aromatic heterocycles. The van der Waals surface area contributed by atoms with Gasteiger partial charge in [-0.1, -0.05) is 12.1 Å². The molecule has 0 aliphatic carbocycles. The Kier molecular flexibility index (Phi) is 5.39. The van der Waals surface area contributed by atoms with Crippen LogP contribution in [0, 0.1) is 0 Å². The minimum absolute atomic E-state index is 0.116. The van der Waals surface area contributed by atoms with Crippen LogP contribution in [0.2, 0.25) is 0 Å². The maximum absolute atomic E-state index is 12.8. The molecule has 4 nitrogen and oxygen atoms in total. The summed E-state index contributed by atoms with van der Waals surface area (Å²) in [5, 5.41) is 8.38. The van der Waals surface area contributed by atoms with Crippen LogP contribution in [0.1, 0.15) is 24.1 Å². The van der Waals surface area contributed by atoms with Crippen molar-refractivity contribution in [2.45, 2.75) is 31.5 Å². The van der Waals surface area contributed by atoms with Gasteiger partial charge in [-0.2, -0.15) is 13.2 Å². The van der Waals surface area contributed by atoms with Gasteiger partial charge in [0.1, 0.15) is 5.01 Å². The quantitative estimate of drug-likeness (QED) is 0.870. The number of nitrogens with one attached hydrogen (secondary N) is 2. The first-order valence-corrected chi connectivity index (χ1v) is 8.92. The van der Waals surface area contributed by atoms with Gasteiger partial charge in [-0.15, -0.1) is 11.3 Å². The highest BCUT2D eigenvalue weighted by atomic mass is 32.1. The smallest absolute Gasteiger partial charge is 0.352 e. The van der Waals surface area contributed by atoms with Crippen LogP contribution in [0.5, 0.6) is 0 Å². The fourth-order valence-electron chi connectivity index (χ4n) is 2.77. The molecule has 1 aliphatic rings. The lowest BCUT2D eigenvalue weighted by atomic mass is 10.1. The summed E-state index contributed by atoms with van der Waals surface area (Å²) in [5.74, 6) is -0.116. The summed E-state index contributed by atoms with van der Waals surface area (Å²) in [6.07, 6.45) is -2.28. The SMILES string of the molecule is O=C(Cc1csc(-c2cccc(C(F)(F)F)c2)n1)N[C@H]1CCCNC1. The van der Waals surface area contributed by atoms with Crippen molar-refractivity contribution in [3.63, 3.8) is 0 Å². The van der Waals surface area contributed by atoms with Crippen LogP contribution in [0.15, 0.2) is 29.6 Å². The van der Waals surface area contributed by atoms with Gasteiger partial charge in [-0.3, -0.25) is 4.79 Å². The van der Waals surface area contributed by atoms with Crippen molar-refractivity contribution < 1.29 is 18.0 Å². The maximum Gasteiger partial charge on any atom is 0.416 e. The predicted molar refractivity (Wildman–Crippen MR) is 90.3 cm³/mol. The van der Waals surface area contributed by atoms with Crippen LogP contribution in [0.25, 0.3) is 10.6 Å². The van der Waals surface area contributed by atoms with Gasteiger partial charge in [0.2, 0.25) is 5.91 Å². The fourth-order valence-corrected chi connectivity index (χ4v) is 3.58. The van der Waals surface area contributed by atoms with Crippen LogP contribution in [0.4, 0.5) is 13.2 Å². The number of amides is 1. The highest BCUT2D eigenvalue weighted by Gasteiger charge is 2.30. The lowest BCUT2D eigenvalue weighted by molar-refractivity contribution is -0.137. The Morgan fingerprint density at radius 3 is 2.96 bits per heavy atom. The number of carbonyl (C=O) groups is 1. The molecule has 1 aliphatic heterocycles. The average Bonchev–Trinajstić information content (AvgIpc) is 3.03. The standard InChI is InChI=1S/C17H18F3N3OS/c18-17(19,20)12-4-1-3-11(7-12)16-23-14(10-25-16)8-15(24)22-13-5-2-6-21-9-13/h1,3-4,7,10,13,21H,2,5-6,8-9H2,(H,22,24)/t13-/m0/s1. The Hall–Kier alpha value is -1.93. The van der Waals surface area contributed by atoms with Gasteiger partial charge in [-0.25, -0.2) is 4.98 Å². The first kappa shape index (κ1) is 17.9. The molecule has 0 spiro atoms. The number of nitrogens with zero attached hydrogens (tertiary/aromatic N) is 1. The first-order valence-electron chi connectivity index (χ1n) is 8.04. The van der Waals surface area contributed by atoms with E-state index in [9.17, 15) is 18.0 Å². The zero-order valence-corrected chi connectivity index (χ0v) is 14.2. The number of alkyl halides is 3. The third kappa shape index (κ3) is 4.79. The Labute approximate surface area is 147 Å². The summed E-state index contributed by atoms with van der Waals surface area (Å²) in [6.45, 7) is 1.73. The molecule has 2 heterocycles. The van der Waals surface area contributed by atoms with E-state index in [4.69, 9.17) is 0 Å². The fraction of sp³-hybridized carbons (Fsp3) is 0.412. The van der Waals surface area contributed by atoms with Gasteiger partial charge < -0.3 is 10.6 Å². The van der Waals surface area contributed by atoms with E-state index in [0.717, 1.165) is 38.1 Å². The molecule has 2 aromatic rings. The molecule has 1 fully saturated rings. The predicted octanol–water partition coefficient (Wildman–Crippen LogP) is 3.24. The second kappa shape index (κ2) is 7.53. The number of rotatable bonds is 4. The Morgan fingerprint density at radius 2 is 2.24 bits per heavy atom. The van der Waals surface area contributed by atoms with Crippen molar-refractivity contribution in [2.75, 3.05) is 13.1 Å². The minimum Gasteiger partial charge on any atom is -0.352 e. The number of carbonyl (C=O) groups excluding carboxylic acids is 1.